The number of sulfonamides is 1. The third-order valence-electron chi connectivity index (χ3n) is 3.80. The summed E-state index contributed by atoms with van der Waals surface area (Å²) in [5.41, 5.74) is 1.68. The third kappa shape index (κ3) is 3.04. The Bertz CT molecular complexity index is 843. The Labute approximate surface area is 140 Å². The summed E-state index contributed by atoms with van der Waals surface area (Å²) in [6.45, 7) is 4.38. The highest BCUT2D eigenvalue weighted by atomic mass is 32.2. The van der Waals surface area contributed by atoms with Crippen molar-refractivity contribution >= 4 is 27.3 Å². The van der Waals surface area contributed by atoms with Gasteiger partial charge < -0.3 is 5.32 Å². The minimum Gasteiger partial charge on any atom is -0.353 e. The summed E-state index contributed by atoms with van der Waals surface area (Å²) < 4.78 is 27.5. The molecule has 1 aliphatic heterocycles. The molecular weight excluding hydrogens is 332 g/mol. The molecule has 0 spiro atoms. The average Bonchev–Trinajstić information content (AvgIpc) is 2.94. The van der Waals surface area contributed by atoms with Gasteiger partial charge in [-0.2, -0.15) is 4.31 Å². The van der Waals surface area contributed by atoms with Crippen LogP contribution in [0.5, 0.6) is 0 Å². The molecule has 1 fully saturated rings. The van der Waals surface area contributed by atoms with Crippen LogP contribution >= 0.6 is 11.3 Å². The number of carbonyl (C=O) groups is 1. The van der Waals surface area contributed by atoms with Crippen molar-refractivity contribution in [2.24, 2.45) is 0 Å². The van der Waals surface area contributed by atoms with Gasteiger partial charge in [0.2, 0.25) is 5.91 Å². The number of piperazine rings is 1. The second-order valence-corrected chi connectivity index (χ2v) is 8.99. The van der Waals surface area contributed by atoms with Crippen molar-refractivity contribution in [3.05, 3.63) is 52.4 Å². The van der Waals surface area contributed by atoms with Gasteiger partial charge in [-0.3, -0.25) is 4.79 Å². The van der Waals surface area contributed by atoms with Crippen LogP contribution in [0, 0.1) is 13.8 Å². The quantitative estimate of drug-likeness (QED) is 0.923. The van der Waals surface area contributed by atoms with Gasteiger partial charge in [0.05, 0.1) is 0 Å². The smallest absolute Gasteiger partial charge is 0.253 e. The molecule has 0 bridgehead atoms. The summed E-state index contributed by atoms with van der Waals surface area (Å²) in [6.07, 6.45) is 0. The van der Waals surface area contributed by atoms with Crippen LogP contribution in [0.3, 0.4) is 0 Å². The van der Waals surface area contributed by atoms with Crippen molar-refractivity contribution in [1.29, 1.82) is 0 Å². The van der Waals surface area contributed by atoms with E-state index in [0.29, 0.717) is 12.1 Å². The molecule has 0 saturated carbocycles. The fourth-order valence-electron chi connectivity index (χ4n) is 2.73. The topological polar surface area (TPSA) is 66.5 Å². The highest BCUT2D eigenvalue weighted by Gasteiger charge is 2.40. The molecule has 1 unspecified atom stereocenters. The first kappa shape index (κ1) is 16.2. The molecule has 122 valence electrons. The monoisotopic (exact) mass is 350 g/mol. The normalized spacial score (nSPS) is 19.6. The number of benzene rings is 1. The van der Waals surface area contributed by atoms with E-state index in [0.717, 1.165) is 10.4 Å². The van der Waals surface area contributed by atoms with Crippen molar-refractivity contribution in [2.75, 3.05) is 13.1 Å². The highest BCUT2D eigenvalue weighted by Crippen LogP contribution is 2.32. The predicted octanol–water partition coefficient (Wildman–Crippen LogP) is 2.23. The lowest BCUT2D eigenvalue weighted by atomic mass is 10.0. The zero-order valence-electron chi connectivity index (χ0n) is 12.9. The minimum atomic E-state index is -3.69. The second-order valence-electron chi connectivity index (χ2n) is 5.59. The zero-order valence-corrected chi connectivity index (χ0v) is 14.6. The van der Waals surface area contributed by atoms with Crippen LogP contribution < -0.4 is 5.32 Å². The van der Waals surface area contributed by atoms with Crippen LogP contribution in [-0.2, 0) is 14.8 Å². The molecule has 1 aliphatic rings. The molecule has 23 heavy (non-hydrogen) atoms. The number of carbonyl (C=O) groups excluding carboxylic acids is 1. The highest BCUT2D eigenvalue weighted by molar-refractivity contribution is 7.91. The van der Waals surface area contributed by atoms with Crippen LogP contribution in [0.4, 0.5) is 0 Å². The first-order valence-corrected chi connectivity index (χ1v) is 9.58. The van der Waals surface area contributed by atoms with Crippen LogP contribution in [0.15, 0.2) is 40.6 Å². The molecule has 0 radical (unpaired) electrons. The van der Waals surface area contributed by atoms with Crippen LogP contribution in [0.1, 0.15) is 22.0 Å². The van der Waals surface area contributed by atoms with Crippen molar-refractivity contribution in [2.45, 2.75) is 24.1 Å². The van der Waals surface area contributed by atoms with Crippen molar-refractivity contribution in [3.63, 3.8) is 0 Å². The summed E-state index contributed by atoms with van der Waals surface area (Å²) in [4.78, 5) is 13.3. The van der Waals surface area contributed by atoms with Crippen molar-refractivity contribution in [1.82, 2.24) is 9.62 Å². The number of hydrogen-bond acceptors (Lipinski definition) is 4. The van der Waals surface area contributed by atoms with Gasteiger partial charge in [0, 0.05) is 18.0 Å². The minimum absolute atomic E-state index is 0.267. The van der Waals surface area contributed by atoms with E-state index in [4.69, 9.17) is 0 Å². The summed E-state index contributed by atoms with van der Waals surface area (Å²) >= 11 is 1.23. The third-order valence-corrected chi connectivity index (χ3v) is 7.14. The van der Waals surface area contributed by atoms with Gasteiger partial charge in [-0.25, -0.2) is 8.42 Å². The molecule has 1 atom stereocenters. The molecule has 2 aromatic rings. The van der Waals surface area contributed by atoms with Crippen LogP contribution in [-0.4, -0.2) is 31.7 Å². The Morgan fingerprint density at radius 3 is 2.65 bits per heavy atom. The summed E-state index contributed by atoms with van der Waals surface area (Å²) in [5.74, 6) is -0.279. The number of rotatable bonds is 3. The lowest BCUT2D eigenvalue weighted by Gasteiger charge is -2.34. The Kier molecular flexibility index (Phi) is 4.27. The van der Waals surface area contributed by atoms with Crippen molar-refractivity contribution < 1.29 is 13.2 Å². The van der Waals surface area contributed by atoms with Gasteiger partial charge in [0.15, 0.2) is 0 Å². The van der Waals surface area contributed by atoms with Crippen LogP contribution in [0.2, 0.25) is 0 Å². The first-order chi connectivity index (χ1) is 10.9. The molecule has 1 amide bonds. The van der Waals surface area contributed by atoms with Gasteiger partial charge in [-0.1, -0.05) is 29.8 Å². The number of nitrogens with zero attached hydrogens (tertiary/aromatic N) is 1. The van der Waals surface area contributed by atoms with E-state index in [9.17, 15) is 13.2 Å². The standard InChI is InChI=1S/C16H18N2O3S2/c1-11-4-3-5-13(10-11)15-16(19)17-8-9-18(15)23(20,21)14-7-6-12(2)22-14/h3-7,10,15H,8-9H2,1-2H3,(H,17,19). The average molecular weight is 350 g/mol. The Morgan fingerprint density at radius 2 is 2.00 bits per heavy atom. The molecule has 2 heterocycles. The summed E-state index contributed by atoms with van der Waals surface area (Å²) in [7, 11) is -3.69. The molecule has 1 aromatic heterocycles. The summed E-state index contributed by atoms with van der Waals surface area (Å²) in [6, 6.07) is 9.98. The van der Waals surface area contributed by atoms with E-state index in [1.54, 1.807) is 18.2 Å². The second kappa shape index (κ2) is 6.07. The van der Waals surface area contributed by atoms with Crippen molar-refractivity contribution in [3.8, 4) is 0 Å². The van der Waals surface area contributed by atoms with E-state index in [1.165, 1.54) is 15.6 Å². The van der Waals surface area contributed by atoms with E-state index in [-0.39, 0.29) is 16.7 Å². The summed E-state index contributed by atoms with van der Waals surface area (Å²) in [5, 5.41) is 2.77. The van der Waals surface area contributed by atoms with Gasteiger partial charge in [-0.05, 0) is 31.5 Å². The SMILES string of the molecule is Cc1cccc(C2C(=O)NCCN2S(=O)(=O)c2ccc(C)s2)c1. The molecule has 3 rings (SSSR count). The fourth-order valence-corrected chi connectivity index (χ4v) is 5.72. The van der Waals surface area contributed by atoms with Gasteiger partial charge in [-0.15, -0.1) is 11.3 Å². The first-order valence-electron chi connectivity index (χ1n) is 7.32. The van der Waals surface area contributed by atoms with Crippen LogP contribution in [0.25, 0.3) is 0 Å². The van der Waals surface area contributed by atoms with E-state index in [1.807, 2.05) is 32.0 Å². The number of amides is 1. The number of hydrogen-bond donors (Lipinski definition) is 1. The maximum absolute atomic E-state index is 13.0. The lowest BCUT2D eigenvalue weighted by Crippen LogP contribution is -2.51. The Balaban J connectivity index is 2.06. The predicted molar refractivity (Wildman–Crippen MR) is 89.9 cm³/mol. The zero-order chi connectivity index (χ0) is 16.6. The van der Waals surface area contributed by atoms with Gasteiger partial charge in [0.1, 0.15) is 10.3 Å². The largest absolute Gasteiger partial charge is 0.353 e. The fraction of sp³-hybridized carbons (Fsp3) is 0.312. The molecule has 5 nitrogen and oxygen atoms in total. The van der Waals surface area contributed by atoms with E-state index >= 15 is 0 Å². The maximum atomic E-state index is 13.0. The molecule has 1 aromatic carbocycles. The number of aryl methyl sites for hydroxylation is 2. The molecule has 1 saturated heterocycles. The number of thiophene rings is 1. The maximum Gasteiger partial charge on any atom is 0.253 e. The Hall–Kier alpha value is -1.70. The van der Waals surface area contributed by atoms with Gasteiger partial charge >= 0.3 is 0 Å². The van der Waals surface area contributed by atoms with E-state index < -0.39 is 16.1 Å². The molecule has 1 N–H and O–H groups in total. The lowest BCUT2D eigenvalue weighted by molar-refractivity contribution is -0.126. The van der Waals surface area contributed by atoms with Gasteiger partial charge in [0.25, 0.3) is 10.0 Å². The van der Waals surface area contributed by atoms with E-state index in [2.05, 4.69) is 5.32 Å². The molecule has 7 heteroatoms. The molecule has 0 aliphatic carbocycles. The Morgan fingerprint density at radius 1 is 1.22 bits per heavy atom. The number of nitrogens with one attached hydrogen (secondary N) is 1. The molecular formula is C16H18N2O3S2.